The smallest absolute Gasteiger partial charge is 0.200 e. The summed E-state index contributed by atoms with van der Waals surface area (Å²) < 4.78 is 23.4. The average Bonchev–Trinajstić information content (AvgIpc) is 2.80. The van der Waals surface area contributed by atoms with Gasteiger partial charge in [-0.25, -0.2) is 13.6 Å². The predicted octanol–water partition coefficient (Wildman–Crippen LogP) is 3.80. The summed E-state index contributed by atoms with van der Waals surface area (Å²) in [5.74, 6) is 0.597. The molecule has 0 fully saturated rings. The van der Waals surface area contributed by atoms with Gasteiger partial charge in [-0.1, -0.05) is 32.4 Å². The quantitative estimate of drug-likeness (QED) is 0.835. The monoisotopic (exact) mass is 357 g/mol. The Balaban J connectivity index is 2.61. The van der Waals surface area contributed by atoms with E-state index < -0.39 is 9.73 Å². The first-order valence-electron chi connectivity index (χ1n) is 7.44. The maximum Gasteiger partial charge on any atom is 0.200 e. The number of fused-ring (bicyclic) bond motifs is 1. The van der Waals surface area contributed by atoms with E-state index in [0.29, 0.717) is 33.5 Å². The molecule has 1 heterocycles. The number of nitrogens with zero attached hydrogens (tertiary/aromatic N) is 3. The van der Waals surface area contributed by atoms with E-state index in [-0.39, 0.29) is 5.41 Å². The van der Waals surface area contributed by atoms with E-state index in [0.717, 1.165) is 6.54 Å². The summed E-state index contributed by atoms with van der Waals surface area (Å²) >= 11 is 6.32. The van der Waals surface area contributed by atoms with Gasteiger partial charge in [-0.15, -0.1) is 0 Å². The van der Waals surface area contributed by atoms with Gasteiger partial charge in [-0.3, -0.25) is 0 Å². The normalized spacial score (nSPS) is 15.1. The summed E-state index contributed by atoms with van der Waals surface area (Å²) in [4.78, 5) is 6.94. The topological polar surface area (TPSA) is 58.7 Å². The molecule has 0 radical (unpaired) electrons. The van der Waals surface area contributed by atoms with E-state index in [1.807, 2.05) is 39.8 Å². The highest BCUT2D eigenvalue weighted by Crippen LogP contribution is 2.34. The second-order valence-electron chi connectivity index (χ2n) is 6.95. The van der Waals surface area contributed by atoms with Crippen LogP contribution in [-0.2, 0) is 15.1 Å². The fourth-order valence-electron chi connectivity index (χ4n) is 2.10. The molecular formula is C16H24ClN3O2S. The zero-order chi connectivity index (χ0) is 17.4. The minimum absolute atomic E-state index is 0.237. The van der Waals surface area contributed by atoms with Gasteiger partial charge in [-0.2, -0.15) is 0 Å². The first-order chi connectivity index (χ1) is 10.5. The fraction of sp³-hybridized carbons (Fsp3) is 0.562. The van der Waals surface area contributed by atoms with E-state index in [9.17, 15) is 4.21 Å². The van der Waals surface area contributed by atoms with E-state index in [1.165, 1.54) is 0 Å². The largest absolute Gasteiger partial charge is 0.439 e. The number of hydrogen-bond acceptors (Lipinski definition) is 5. The number of aromatic nitrogens is 1. The fourth-order valence-corrected chi connectivity index (χ4v) is 4.15. The van der Waals surface area contributed by atoms with E-state index in [1.54, 1.807) is 18.4 Å². The van der Waals surface area contributed by atoms with Crippen molar-refractivity contribution in [2.45, 2.75) is 31.1 Å². The molecule has 0 spiro atoms. The van der Waals surface area contributed by atoms with Crippen molar-refractivity contribution in [3.05, 3.63) is 23.0 Å². The van der Waals surface area contributed by atoms with Gasteiger partial charge in [0.1, 0.15) is 10.4 Å². The highest BCUT2D eigenvalue weighted by atomic mass is 35.5. The molecule has 2 aromatic rings. The Morgan fingerprint density at radius 1 is 1.35 bits per heavy atom. The van der Waals surface area contributed by atoms with Crippen molar-refractivity contribution in [3.63, 3.8) is 0 Å². The van der Waals surface area contributed by atoms with Crippen LogP contribution in [0.3, 0.4) is 0 Å². The van der Waals surface area contributed by atoms with Crippen LogP contribution in [0.1, 0.15) is 26.7 Å². The molecule has 0 N–H and O–H groups in total. The molecule has 1 aromatic heterocycles. The van der Waals surface area contributed by atoms with Gasteiger partial charge in [0.15, 0.2) is 5.58 Å². The predicted molar refractivity (Wildman–Crippen MR) is 95.9 cm³/mol. The van der Waals surface area contributed by atoms with Crippen molar-refractivity contribution >= 4 is 32.4 Å². The van der Waals surface area contributed by atoms with Gasteiger partial charge in [0.25, 0.3) is 0 Å². The van der Waals surface area contributed by atoms with E-state index in [2.05, 4.69) is 9.35 Å². The van der Waals surface area contributed by atoms with Crippen molar-refractivity contribution in [1.29, 1.82) is 0 Å². The Hall–Kier alpha value is -1.11. The molecule has 0 saturated heterocycles. The standard InChI is InChI=1S/C16H24ClN3O2S/c1-16(2,3)15-19-12-8-7-11(17)14(13(12)22-15)23(6,21)18-9-10-20(4)5/h7-8H,9-10H2,1-6H3. The van der Waals surface area contributed by atoms with Crippen LogP contribution in [0, 0.1) is 0 Å². The van der Waals surface area contributed by atoms with Crippen molar-refractivity contribution < 1.29 is 8.63 Å². The summed E-state index contributed by atoms with van der Waals surface area (Å²) in [7, 11) is 1.24. The van der Waals surface area contributed by atoms with Crippen LogP contribution in [0.5, 0.6) is 0 Å². The summed E-state index contributed by atoms with van der Waals surface area (Å²) in [6, 6.07) is 3.49. The lowest BCUT2D eigenvalue weighted by molar-refractivity contribution is 0.408. The average molecular weight is 358 g/mol. The Labute approximate surface area is 143 Å². The molecule has 1 atom stereocenters. The van der Waals surface area contributed by atoms with Crippen molar-refractivity contribution in [2.75, 3.05) is 33.4 Å². The van der Waals surface area contributed by atoms with Crippen molar-refractivity contribution in [2.24, 2.45) is 4.36 Å². The van der Waals surface area contributed by atoms with E-state index in [4.69, 9.17) is 16.0 Å². The number of benzene rings is 1. The number of rotatable bonds is 4. The molecule has 0 aliphatic carbocycles. The highest BCUT2D eigenvalue weighted by Gasteiger charge is 2.25. The van der Waals surface area contributed by atoms with Crippen molar-refractivity contribution in [3.8, 4) is 0 Å². The molecule has 0 aliphatic rings. The molecule has 0 bridgehead atoms. The highest BCUT2D eigenvalue weighted by molar-refractivity contribution is 7.93. The Bertz CT molecular complexity index is 828. The van der Waals surface area contributed by atoms with Gasteiger partial charge in [0.2, 0.25) is 5.89 Å². The molecule has 128 valence electrons. The van der Waals surface area contributed by atoms with Crippen molar-refractivity contribution in [1.82, 2.24) is 9.88 Å². The zero-order valence-electron chi connectivity index (χ0n) is 14.5. The lowest BCUT2D eigenvalue weighted by Crippen LogP contribution is -2.16. The van der Waals surface area contributed by atoms with Crippen LogP contribution >= 0.6 is 11.6 Å². The second-order valence-corrected chi connectivity index (χ2v) is 9.63. The van der Waals surface area contributed by atoms with Crippen LogP contribution in [0.2, 0.25) is 5.02 Å². The third-order valence-corrected chi connectivity index (χ3v) is 5.63. The molecule has 23 heavy (non-hydrogen) atoms. The zero-order valence-corrected chi connectivity index (χ0v) is 16.1. The molecule has 7 heteroatoms. The minimum atomic E-state index is -2.66. The van der Waals surface area contributed by atoms with Gasteiger partial charge in [0.05, 0.1) is 21.3 Å². The summed E-state index contributed by atoms with van der Waals surface area (Å²) in [5, 5.41) is 0.398. The van der Waals surface area contributed by atoms with Crippen LogP contribution in [-0.4, -0.2) is 47.5 Å². The summed E-state index contributed by atoms with van der Waals surface area (Å²) in [6.07, 6.45) is 1.60. The molecule has 0 aliphatic heterocycles. The van der Waals surface area contributed by atoms with Crippen LogP contribution < -0.4 is 0 Å². The van der Waals surface area contributed by atoms with Crippen LogP contribution in [0.25, 0.3) is 11.1 Å². The lowest BCUT2D eigenvalue weighted by Gasteiger charge is -2.12. The molecule has 1 unspecified atom stereocenters. The molecule has 5 nitrogen and oxygen atoms in total. The first-order valence-corrected chi connectivity index (χ1v) is 9.74. The maximum atomic E-state index is 13.1. The Morgan fingerprint density at radius 3 is 2.57 bits per heavy atom. The second kappa shape index (κ2) is 6.42. The van der Waals surface area contributed by atoms with Crippen LogP contribution in [0.4, 0.5) is 0 Å². The maximum absolute atomic E-state index is 13.1. The number of oxazole rings is 1. The summed E-state index contributed by atoms with van der Waals surface area (Å²) in [5.41, 5.74) is 0.898. The van der Waals surface area contributed by atoms with Gasteiger partial charge >= 0.3 is 0 Å². The number of halogens is 1. The molecule has 1 aromatic carbocycles. The van der Waals surface area contributed by atoms with E-state index >= 15 is 0 Å². The van der Waals surface area contributed by atoms with Crippen LogP contribution in [0.15, 0.2) is 25.8 Å². The van der Waals surface area contributed by atoms with Gasteiger partial charge < -0.3 is 9.32 Å². The lowest BCUT2D eigenvalue weighted by atomic mass is 9.97. The molecule has 2 rings (SSSR count). The molecule has 0 saturated carbocycles. The SMILES string of the molecule is CN(C)CCN=S(C)(=O)c1c(Cl)ccc2nc(C(C)(C)C)oc12. The number of hydrogen-bond donors (Lipinski definition) is 0. The Kier molecular flexibility index (Phi) is 5.09. The molecular weight excluding hydrogens is 334 g/mol. The third-order valence-electron chi connectivity index (χ3n) is 3.37. The first kappa shape index (κ1) is 18.2. The third kappa shape index (κ3) is 4.05. The number of likely N-dealkylation sites (N-methyl/N-ethyl adjacent to an activating group) is 1. The minimum Gasteiger partial charge on any atom is -0.439 e. The Morgan fingerprint density at radius 2 is 2.00 bits per heavy atom. The molecule has 0 amide bonds. The summed E-state index contributed by atoms with van der Waals surface area (Å²) in [6.45, 7) is 7.24. The van der Waals surface area contributed by atoms with Gasteiger partial charge in [0, 0.05) is 18.2 Å². The van der Waals surface area contributed by atoms with Gasteiger partial charge in [-0.05, 0) is 26.2 Å².